The number of unbranched alkanes of at least 4 members (excludes halogenated alkanes) is 3. The number of benzene rings is 2. The lowest BCUT2D eigenvalue weighted by molar-refractivity contribution is 0.282. The molecule has 0 amide bonds. The van der Waals surface area contributed by atoms with Gasteiger partial charge in [-0.25, -0.2) is 0 Å². The minimum atomic E-state index is 0.246. The quantitative estimate of drug-likeness (QED) is 0.183. The molecule has 0 aliphatic heterocycles. The Morgan fingerprint density at radius 1 is 0.929 bits per heavy atom. The zero-order valence-electron chi connectivity index (χ0n) is 16.3. The topological polar surface area (TPSA) is 80.4 Å². The molecule has 0 heterocycles. The van der Waals surface area contributed by atoms with Crippen molar-refractivity contribution in [2.75, 3.05) is 19.7 Å². The van der Waals surface area contributed by atoms with Crippen molar-refractivity contribution in [2.45, 2.75) is 38.0 Å². The fourth-order valence-corrected chi connectivity index (χ4v) is 3.19. The summed E-state index contributed by atoms with van der Waals surface area (Å²) in [5, 5.41) is 23.7. The number of guanidine groups is 1. The Morgan fingerprint density at radius 3 is 2.11 bits per heavy atom. The third-order valence-electron chi connectivity index (χ3n) is 4.64. The second-order valence-electron chi connectivity index (χ2n) is 6.69. The van der Waals surface area contributed by atoms with Crippen molar-refractivity contribution in [1.82, 2.24) is 10.6 Å². The van der Waals surface area contributed by atoms with Crippen molar-refractivity contribution >= 4 is 5.96 Å². The molecule has 0 spiro atoms. The molecule has 0 bridgehead atoms. The van der Waals surface area contributed by atoms with Gasteiger partial charge in [0.05, 0.1) is 0 Å². The van der Waals surface area contributed by atoms with Gasteiger partial charge in [0.25, 0.3) is 0 Å². The van der Waals surface area contributed by atoms with Crippen LogP contribution in [-0.4, -0.2) is 30.8 Å². The molecule has 0 fully saturated rings. The average Bonchev–Trinajstić information content (AvgIpc) is 2.75. The normalized spacial score (nSPS) is 11.2. The fraction of sp³-hybridized carbons (Fsp3) is 0.391. The van der Waals surface area contributed by atoms with Crippen LogP contribution in [0.25, 0.3) is 0 Å². The molecular formula is C23H30N4O. The van der Waals surface area contributed by atoms with E-state index in [9.17, 15) is 0 Å². The number of aliphatic imine (C=N–C) groups is 1. The van der Waals surface area contributed by atoms with Gasteiger partial charge in [0.2, 0.25) is 5.96 Å². The summed E-state index contributed by atoms with van der Waals surface area (Å²) in [5.41, 5.74) is 2.57. The van der Waals surface area contributed by atoms with Crippen molar-refractivity contribution in [3.8, 4) is 6.19 Å². The van der Waals surface area contributed by atoms with Gasteiger partial charge in [-0.3, -0.25) is 10.3 Å². The van der Waals surface area contributed by atoms with Crippen LogP contribution in [0.3, 0.4) is 0 Å². The standard InChI is InChI=1S/C23H30N4O/c24-19-27-23(25-16-9-1-2-10-18-28)26-17-15-22(20-11-5-3-6-12-20)21-13-7-4-8-14-21/h3-8,11-14,22,28H,1-2,9-10,15-18H2,(H2,25,26,27). The Morgan fingerprint density at radius 2 is 1.54 bits per heavy atom. The van der Waals surface area contributed by atoms with Crippen molar-refractivity contribution in [1.29, 1.82) is 5.26 Å². The number of nitrogens with one attached hydrogen (secondary N) is 2. The molecule has 0 aliphatic carbocycles. The largest absolute Gasteiger partial charge is 0.396 e. The monoisotopic (exact) mass is 378 g/mol. The van der Waals surface area contributed by atoms with Crippen LogP contribution in [0.5, 0.6) is 0 Å². The van der Waals surface area contributed by atoms with E-state index < -0.39 is 0 Å². The molecule has 5 nitrogen and oxygen atoms in total. The molecule has 0 radical (unpaired) electrons. The van der Waals surface area contributed by atoms with Crippen LogP contribution < -0.4 is 10.6 Å². The number of hydrogen-bond acceptors (Lipinski definition) is 3. The smallest absolute Gasteiger partial charge is 0.204 e. The Labute approximate surface area is 168 Å². The summed E-state index contributed by atoms with van der Waals surface area (Å²) in [6, 6.07) is 21.0. The van der Waals surface area contributed by atoms with Gasteiger partial charge in [0.1, 0.15) is 0 Å². The molecule has 0 unspecified atom stereocenters. The Hall–Kier alpha value is -2.84. The number of aliphatic hydroxyl groups excluding tert-OH is 1. The first-order valence-corrected chi connectivity index (χ1v) is 9.99. The first-order chi connectivity index (χ1) is 13.8. The molecule has 2 aromatic carbocycles. The molecule has 3 N–H and O–H groups in total. The van der Waals surface area contributed by atoms with E-state index in [1.54, 1.807) is 0 Å². The minimum Gasteiger partial charge on any atom is -0.396 e. The van der Waals surface area contributed by atoms with Crippen LogP contribution in [0.4, 0.5) is 0 Å². The molecule has 2 aromatic rings. The van der Waals surface area contributed by atoms with Gasteiger partial charge in [-0.1, -0.05) is 73.5 Å². The van der Waals surface area contributed by atoms with E-state index in [4.69, 9.17) is 10.4 Å². The summed E-state index contributed by atoms with van der Waals surface area (Å²) in [6.07, 6.45) is 6.69. The van der Waals surface area contributed by atoms with E-state index in [1.165, 1.54) is 11.1 Å². The highest BCUT2D eigenvalue weighted by Gasteiger charge is 2.13. The maximum absolute atomic E-state index is 8.96. The number of nitrogens with zero attached hydrogens (tertiary/aromatic N) is 2. The highest BCUT2D eigenvalue weighted by Crippen LogP contribution is 2.27. The zero-order chi connectivity index (χ0) is 19.9. The molecule has 0 aliphatic rings. The van der Waals surface area contributed by atoms with Crippen LogP contribution in [-0.2, 0) is 0 Å². The van der Waals surface area contributed by atoms with E-state index in [0.717, 1.165) is 32.1 Å². The van der Waals surface area contributed by atoms with Crippen LogP contribution in [0.2, 0.25) is 0 Å². The van der Waals surface area contributed by atoms with Gasteiger partial charge >= 0.3 is 0 Å². The lowest BCUT2D eigenvalue weighted by Crippen LogP contribution is -2.35. The van der Waals surface area contributed by atoms with E-state index >= 15 is 0 Å². The van der Waals surface area contributed by atoms with Crippen molar-refractivity contribution in [3.05, 3.63) is 71.8 Å². The summed E-state index contributed by atoms with van der Waals surface area (Å²) in [4.78, 5) is 4.46. The second kappa shape index (κ2) is 13.3. The summed E-state index contributed by atoms with van der Waals surface area (Å²) in [6.45, 7) is 1.63. The van der Waals surface area contributed by atoms with Gasteiger partial charge in [-0.05, 0) is 30.4 Å². The van der Waals surface area contributed by atoms with Crippen LogP contribution in [0.15, 0.2) is 65.7 Å². The van der Waals surface area contributed by atoms with Gasteiger partial charge in [-0.2, -0.15) is 5.26 Å². The van der Waals surface area contributed by atoms with E-state index in [1.807, 2.05) is 18.3 Å². The molecule has 2 rings (SSSR count). The number of rotatable bonds is 11. The molecular weight excluding hydrogens is 348 g/mol. The molecule has 0 aromatic heterocycles. The Balaban J connectivity index is 1.91. The molecule has 5 heteroatoms. The number of hydrogen-bond donors (Lipinski definition) is 3. The average molecular weight is 379 g/mol. The maximum Gasteiger partial charge on any atom is 0.204 e. The molecule has 28 heavy (non-hydrogen) atoms. The van der Waals surface area contributed by atoms with Crippen molar-refractivity contribution < 1.29 is 5.11 Å². The lowest BCUT2D eigenvalue weighted by atomic mass is 9.88. The van der Waals surface area contributed by atoms with Crippen molar-refractivity contribution in [2.24, 2.45) is 4.99 Å². The van der Waals surface area contributed by atoms with Crippen LogP contribution in [0, 0.1) is 11.5 Å². The fourth-order valence-electron chi connectivity index (χ4n) is 3.19. The third-order valence-corrected chi connectivity index (χ3v) is 4.64. The van der Waals surface area contributed by atoms with E-state index in [-0.39, 0.29) is 12.5 Å². The van der Waals surface area contributed by atoms with Crippen molar-refractivity contribution in [3.63, 3.8) is 0 Å². The molecule has 0 atom stereocenters. The van der Waals surface area contributed by atoms with E-state index in [2.05, 4.69) is 64.2 Å². The Bertz CT molecular complexity index is 686. The SMILES string of the molecule is N#CNC(=NCCCCCCO)NCCC(c1ccccc1)c1ccccc1. The highest BCUT2D eigenvalue weighted by atomic mass is 16.2. The summed E-state index contributed by atoms with van der Waals surface area (Å²) >= 11 is 0. The predicted octanol–water partition coefficient (Wildman–Crippen LogP) is 3.78. The predicted molar refractivity (Wildman–Crippen MR) is 114 cm³/mol. The first-order valence-electron chi connectivity index (χ1n) is 9.99. The molecule has 0 saturated heterocycles. The zero-order valence-corrected chi connectivity index (χ0v) is 16.3. The van der Waals surface area contributed by atoms with Gasteiger partial charge < -0.3 is 10.4 Å². The summed E-state index contributed by atoms with van der Waals surface area (Å²) in [7, 11) is 0. The van der Waals surface area contributed by atoms with E-state index in [0.29, 0.717) is 19.0 Å². The highest BCUT2D eigenvalue weighted by molar-refractivity contribution is 5.81. The third kappa shape index (κ3) is 7.81. The summed E-state index contributed by atoms with van der Waals surface area (Å²) < 4.78 is 0. The lowest BCUT2D eigenvalue weighted by Gasteiger charge is -2.19. The Kier molecular flexibility index (Phi) is 10.2. The maximum atomic E-state index is 8.96. The molecule has 0 saturated carbocycles. The summed E-state index contributed by atoms with van der Waals surface area (Å²) in [5.74, 6) is 0.821. The first kappa shape index (κ1) is 21.5. The molecule has 148 valence electrons. The number of nitriles is 1. The minimum absolute atomic E-state index is 0.246. The van der Waals surface area contributed by atoms with Crippen LogP contribution in [0.1, 0.15) is 49.1 Å². The van der Waals surface area contributed by atoms with Gasteiger partial charge in [0, 0.05) is 25.6 Å². The number of aliphatic hydroxyl groups is 1. The van der Waals surface area contributed by atoms with Gasteiger partial charge in [0.15, 0.2) is 6.19 Å². The van der Waals surface area contributed by atoms with Crippen LogP contribution >= 0.6 is 0 Å². The second-order valence-corrected chi connectivity index (χ2v) is 6.69. The van der Waals surface area contributed by atoms with Gasteiger partial charge in [-0.15, -0.1) is 0 Å².